The van der Waals surface area contributed by atoms with Crippen LogP contribution < -0.4 is 15.4 Å². The first-order valence-corrected chi connectivity index (χ1v) is 14.0. The average molecular weight is 517 g/mol. The van der Waals surface area contributed by atoms with Crippen molar-refractivity contribution < 1.29 is 27.9 Å². The number of anilines is 2. The molecule has 1 fully saturated rings. The van der Waals surface area contributed by atoms with E-state index in [4.69, 9.17) is 15.6 Å². The molecule has 1 aliphatic carbocycles. The van der Waals surface area contributed by atoms with Crippen LogP contribution in [0, 0.1) is 5.92 Å². The molecule has 0 atom stereocenters. The van der Waals surface area contributed by atoms with E-state index < -0.39 is 26.9 Å². The minimum atomic E-state index is -3.73. The minimum absolute atomic E-state index is 0.0391. The summed E-state index contributed by atoms with van der Waals surface area (Å²) < 4.78 is 30.8. The van der Waals surface area contributed by atoms with Crippen LogP contribution in [0.1, 0.15) is 73.7 Å². The molecule has 1 aromatic heterocycles. The quantitative estimate of drug-likeness (QED) is 0.502. The minimum Gasteiger partial charge on any atom is -0.481 e. The first-order chi connectivity index (χ1) is 17.2. The van der Waals surface area contributed by atoms with Gasteiger partial charge in [0.2, 0.25) is 15.7 Å². The standard InChI is InChI=1S/C25H32N4O6S/c1-2-3-14-36(33,34)25-27-22(26)21-23(28-25)35-13-12-29(24(21)32)19-10-8-18(9-11-19)17-6-4-16(5-7-17)15-20(30)31/h8-11,16-17H,2-7,12-15H2,1H3,(H,30,31)(H2,26,27,28). The lowest BCUT2D eigenvalue weighted by atomic mass is 9.77. The Kier molecular flexibility index (Phi) is 7.77. The zero-order valence-corrected chi connectivity index (χ0v) is 21.2. The fraction of sp³-hybridized carbons (Fsp3) is 0.520. The second kappa shape index (κ2) is 10.8. The van der Waals surface area contributed by atoms with Crippen molar-refractivity contribution in [3.8, 4) is 5.88 Å². The third-order valence-corrected chi connectivity index (χ3v) is 8.49. The van der Waals surface area contributed by atoms with Gasteiger partial charge in [-0.15, -0.1) is 0 Å². The summed E-state index contributed by atoms with van der Waals surface area (Å²) in [5.41, 5.74) is 7.84. The van der Waals surface area contributed by atoms with Crippen molar-refractivity contribution in [2.24, 2.45) is 5.92 Å². The first-order valence-electron chi connectivity index (χ1n) is 12.4. The van der Waals surface area contributed by atoms with Crippen molar-refractivity contribution >= 4 is 33.2 Å². The highest BCUT2D eigenvalue weighted by molar-refractivity contribution is 7.91. The molecule has 0 unspecified atom stereocenters. The summed E-state index contributed by atoms with van der Waals surface area (Å²) in [6.45, 7) is 2.25. The van der Waals surface area contributed by atoms with Crippen LogP contribution in [0.15, 0.2) is 29.4 Å². The number of carbonyl (C=O) groups excluding carboxylic acids is 1. The number of carboxylic acid groups (broad SMARTS) is 1. The van der Waals surface area contributed by atoms with Crippen molar-refractivity contribution in [2.45, 2.75) is 62.9 Å². The number of hydrogen-bond acceptors (Lipinski definition) is 8. The largest absolute Gasteiger partial charge is 0.481 e. The van der Waals surface area contributed by atoms with E-state index in [9.17, 15) is 18.0 Å². The number of unbranched alkanes of at least 4 members (excludes halogenated alkanes) is 1. The molecule has 11 heteroatoms. The van der Waals surface area contributed by atoms with Gasteiger partial charge < -0.3 is 20.5 Å². The molecule has 2 aromatic rings. The van der Waals surface area contributed by atoms with E-state index in [1.54, 1.807) is 0 Å². The van der Waals surface area contributed by atoms with Gasteiger partial charge in [0.15, 0.2) is 0 Å². The molecule has 4 rings (SSSR count). The van der Waals surface area contributed by atoms with E-state index in [0.717, 1.165) is 31.2 Å². The summed E-state index contributed by atoms with van der Waals surface area (Å²) in [6, 6.07) is 7.76. The number of aliphatic carboxylic acids is 1. The normalized spacial score (nSPS) is 20.4. The summed E-state index contributed by atoms with van der Waals surface area (Å²) in [5, 5.41) is 8.60. The maximum absolute atomic E-state index is 13.4. The van der Waals surface area contributed by atoms with E-state index in [2.05, 4.69) is 9.97 Å². The number of carbonyl (C=O) groups is 2. The maximum atomic E-state index is 13.4. The van der Waals surface area contributed by atoms with E-state index >= 15 is 0 Å². The summed E-state index contributed by atoms with van der Waals surface area (Å²) in [4.78, 5) is 33.9. The number of rotatable bonds is 8. The van der Waals surface area contributed by atoms with Crippen LogP contribution in [-0.2, 0) is 14.6 Å². The Morgan fingerprint density at radius 2 is 1.86 bits per heavy atom. The highest BCUT2D eigenvalue weighted by Gasteiger charge is 2.32. The molecule has 1 saturated carbocycles. The number of ether oxygens (including phenoxy) is 1. The predicted octanol–water partition coefficient (Wildman–Crippen LogP) is 3.42. The van der Waals surface area contributed by atoms with Gasteiger partial charge in [0, 0.05) is 12.1 Å². The Labute approximate surface area is 210 Å². The number of benzene rings is 1. The molecule has 2 heterocycles. The summed E-state index contributed by atoms with van der Waals surface area (Å²) in [5.74, 6) is -1.01. The Hall–Kier alpha value is -3.21. The number of carboxylic acids is 1. The average Bonchev–Trinajstić information content (AvgIpc) is 3.02. The number of fused-ring (bicyclic) bond motifs is 1. The van der Waals surface area contributed by atoms with E-state index in [1.165, 1.54) is 4.90 Å². The number of nitrogens with two attached hydrogens (primary N) is 1. The lowest BCUT2D eigenvalue weighted by molar-refractivity contribution is -0.138. The fourth-order valence-electron chi connectivity index (χ4n) is 4.90. The molecule has 0 bridgehead atoms. The van der Waals surface area contributed by atoms with Crippen molar-refractivity contribution in [3.63, 3.8) is 0 Å². The highest BCUT2D eigenvalue weighted by atomic mass is 32.2. The molecule has 0 saturated heterocycles. The molecule has 36 heavy (non-hydrogen) atoms. The van der Waals surface area contributed by atoms with Gasteiger partial charge in [-0.1, -0.05) is 25.5 Å². The number of hydrogen-bond donors (Lipinski definition) is 2. The summed E-state index contributed by atoms with van der Waals surface area (Å²) in [6.07, 6.45) is 5.08. The van der Waals surface area contributed by atoms with E-state index in [-0.39, 0.29) is 48.5 Å². The zero-order chi connectivity index (χ0) is 25.9. The van der Waals surface area contributed by atoms with Gasteiger partial charge in [-0.2, -0.15) is 4.98 Å². The molecule has 2 aliphatic rings. The van der Waals surface area contributed by atoms with Crippen molar-refractivity contribution in [2.75, 3.05) is 29.5 Å². The zero-order valence-electron chi connectivity index (χ0n) is 20.4. The molecule has 10 nitrogen and oxygen atoms in total. The number of nitrogen functional groups attached to an aromatic ring is 1. The Morgan fingerprint density at radius 1 is 1.17 bits per heavy atom. The van der Waals surface area contributed by atoms with Crippen LogP contribution in [0.5, 0.6) is 5.88 Å². The Balaban J connectivity index is 1.51. The molecule has 3 N–H and O–H groups in total. The van der Waals surface area contributed by atoms with Crippen LogP contribution in [0.25, 0.3) is 0 Å². The van der Waals surface area contributed by atoms with Crippen LogP contribution in [0.2, 0.25) is 0 Å². The van der Waals surface area contributed by atoms with Crippen LogP contribution >= 0.6 is 0 Å². The van der Waals surface area contributed by atoms with Gasteiger partial charge in [0.05, 0.1) is 12.3 Å². The molecule has 1 aliphatic heterocycles. The predicted molar refractivity (Wildman–Crippen MR) is 134 cm³/mol. The lowest BCUT2D eigenvalue weighted by Gasteiger charge is -2.28. The molecule has 1 aromatic carbocycles. The maximum Gasteiger partial charge on any atom is 0.303 e. The Bertz CT molecular complexity index is 1220. The lowest BCUT2D eigenvalue weighted by Crippen LogP contribution is -2.33. The molecular formula is C25H32N4O6S. The smallest absolute Gasteiger partial charge is 0.303 e. The number of amides is 1. The second-order valence-corrected chi connectivity index (χ2v) is 11.5. The fourth-order valence-corrected chi connectivity index (χ4v) is 6.21. The van der Waals surface area contributed by atoms with Gasteiger partial charge >= 0.3 is 5.97 Å². The van der Waals surface area contributed by atoms with Crippen molar-refractivity contribution in [3.05, 3.63) is 35.4 Å². The van der Waals surface area contributed by atoms with Gasteiger partial charge in [0.25, 0.3) is 11.1 Å². The number of nitrogens with zero attached hydrogens (tertiary/aromatic N) is 3. The molecule has 0 spiro atoms. The second-order valence-electron chi connectivity index (χ2n) is 9.46. The van der Waals surface area contributed by atoms with Gasteiger partial charge in [-0.25, -0.2) is 13.4 Å². The third kappa shape index (κ3) is 5.61. The van der Waals surface area contributed by atoms with E-state index in [0.29, 0.717) is 24.4 Å². The summed E-state index contributed by atoms with van der Waals surface area (Å²) >= 11 is 0. The third-order valence-electron chi connectivity index (χ3n) is 6.93. The monoisotopic (exact) mass is 516 g/mol. The number of aromatic nitrogens is 2. The van der Waals surface area contributed by atoms with Crippen LogP contribution in [0.3, 0.4) is 0 Å². The van der Waals surface area contributed by atoms with Gasteiger partial charge in [-0.3, -0.25) is 9.59 Å². The molecule has 194 valence electrons. The van der Waals surface area contributed by atoms with Gasteiger partial charge in [0.1, 0.15) is 18.0 Å². The van der Waals surface area contributed by atoms with Crippen molar-refractivity contribution in [1.82, 2.24) is 9.97 Å². The highest BCUT2D eigenvalue weighted by Crippen LogP contribution is 2.38. The van der Waals surface area contributed by atoms with Gasteiger partial charge in [-0.05, 0) is 61.6 Å². The van der Waals surface area contributed by atoms with Crippen LogP contribution in [-0.4, -0.2) is 54.3 Å². The molecular weight excluding hydrogens is 484 g/mol. The molecule has 1 amide bonds. The topological polar surface area (TPSA) is 153 Å². The SMILES string of the molecule is CCCCS(=O)(=O)c1nc(N)c2c(n1)OCCN(c1ccc(C3CCC(CC(=O)O)CC3)cc1)C2=O. The van der Waals surface area contributed by atoms with Crippen LogP contribution in [0.4, 0.5) is 11.5 Å². The van der Waals surface area contributed by atoms with E-state index in [1.807, 2.05) is 31.2 Å². The van der Waals surface area contributed by atoms with Crippen molar-refractivity contribution in [1.29, 1.82) is 0 Å². The molecule has 0 radical (unpaired) electrons. The number of sulfone groups is 1. The first kappa shape index (κ1) is 25.9. The Morgan fingerprint density at radius 3 is 2.50 bits per heavy atom. The summed E-state index contributed by atoms with van der Waals surface area (Å²) in [7, 11) is -3.73.